The lowest BCUT2D eigenvalue weighted by Gasteiger charge is -2.23. The quantitative estimate of drug-likeness (QED) is 0.302. The molecule has 2 aromatic carbocycles. The number of sulfonamides is 1. The fourth-order valence-corrected chi connectivity index (χ4v) is 6.51. The van der Waals surface area contributed by atoms with Crippen LogP contribution in [0, 0.1) is 5.92 Å². The first-order valence-corrected chi connectivity index (χ1v) is 15.1. The van der Waals surface area contributed by atoms with Crippen molar-refractivity contribution in [2.75, 3.05) is 31.1 Å². The molecule has 1 aliphatic heterocycles. The standard InChI is InChI=1S/C28H33ClN6O2S/c1-21(2)12-13-26-31-27(25-19-30-35(28(25)32-26)24-11-6-10-23(29)18-24)33-14-7-15-34(17-16-33)38(36,37)20-22-8-4-3-5-9-22/h3-6,8-11,18-19,21H,7,12-17,20H2,1-2H3. The molecule has 38 heavy (non-hydrogen) atoms. The molecule has 2 aromatic heterocycles. The average molecular weight is 553 g/mol. The van der Waals surface area contributed by atoms with E-state index in [1.54, 1.807) is 15.2 Å². The fourth-order valence-electron chi connectivity index (χ4n) is 4.76. The van der Waals surface area contributed by atoms with Gasteiger partial charge in [-0.05, 0) is 42.5 Å². The van der Waals surface area contributed by atoms with Crippen molar-refractivity contribution in [3.63, 3.8) is 0 Å². The van der Waals surface area contributed by atoms with Crippen LogP contribution in [-0.4, -0.2) is 58.7 Å². The van der Waals surface area contributed by atoms with E-state index in [0.717, 1.165) is 46.8 Å². The fraction of sp³-hybridized carbons (Fsp3) is 0.393. The number of anilines is 1. The third kappa shape index (κ3) is 6.00. The molecule has 0 atom stereocenters. The Hall–Kier alpha value is -3.01. The highest BCUT2D eigenvalue weighted by atomic mass is 35.5. The molecule has 4 aromatic rings. The van der Waals surface area contributed by atoms with Crippen LogP contribution in [0.3, 0.4) is 0 Å². The van der Waals surface area contributed by atoms with Crippen LogP contribution in [0.15, 0.2) is 60.8 Å². The molecule has 1 aliphatic rings. The molecule has 200 valence electrons. The number of rotatable bonds is 8. The van der Waals surface area contributed by atoms with Crippen LogP contribution in [0.1, 0.15) is 38.1 Å². The van der Waals surface area contributed by atoms with Crippen molar-refractivity contribution in [2.24, 2.45) is 5.92 Å². The Kier molecular flexibility index (Phi) is 7.97. The molecule has 10 heteroatoms. The molecule has 8 nitrogen and oxygen atoms in total. The van der Waals surface area contributed by atoms with Crippen molar-refractivity contribution in [1.82, 2.24) is 24.1 Å². The van der Waals surface area contributed by atoms with E-state index < -0.39 is 10.0 Å². The van der Waals surface area contributed by atoms with Crippen molar-refractivity contribution < 1.29 is 8.42 Å². The summed E-state index contributed by atoms with van der Waals surface area (Å²) in [6.07, 6.45) is 4.24. The van der Waals surface area contributed by atoms with Crippen LogP contribution in [0.5, 0.6) is 0 Å². The molecule has 0 spiro atoms. The SMILES string of the molecule is CC(C)CCc1nc(N2CCCN(S(=O)(=O)Cc3ccccc3)CC2)c2cnn(-c3cccc(Cl)c3)c2n1. The summed E-state index contributed by atoms with van der Waals surface area (Å²) in [7, 11) is -3.43. The van der Waals surface area contributed by atoms with Gasteiger partial charge in [-0.15, -0.1) is 0 Å². The van der Waals surface area contributed by atoms with E-state index in [0.29, 0.717) is 43.5 Å². The zero-order chi connectivity index (χ0) is 26.7. The zero-order valence-corrected chi connectivity index (χ0v) is 23.4. The summed E-state index contributed by atoms with van der Waals surface area (Å²) in [6, 6.07) is 16.9. The van der Waals surface area contributed by atoms with E-state index in [4.69, 9.17) is 21.6 Å². The maximum absolute atomic E-state index is 13.2. The Morgan fingerprint density at radius 3 is 2.55 bits per heavy atom. The molecule has 0 bridgehead atoms. The monoisotopic (exact) mass is 552 g/mol. The summed E-state index contributed by atoms with van der Waals surface area (Å²) in [5.41, 5.74) is 2.36. The van der Waals surface area contributed by atoms with Crippen molar-refractivity contribution in [3.05, 3.63) is 77.2 Å². The first-order chi connectivity index (χ1) is 18.3. The molecule has 3 heterocycles. The number of fused-ring (bicyclic) bond motifs is 1. The molecular formula is C28H33ClN6O2S. The third-order valence-electron chi connectivity index (χ3n) is 6.79. The van der Waals surface area contributed by atoms with Gasteiger partial charge < -0.3 is 4.90 Å². The Morgan fingerprint density at radius 2 is 1.79 bits per heavy atom. The van der Waals surface area contributed by atoms with Crippen molar-refractivity contribution >= 4 is 38.5 Å². The smallest absolute Gasteiger partial charge is 0.218 e. The normalized spacial score (nSPS) is 15.3. The van der Waals surface area contributed by atoms with E-state index in [1.807, 2.05) is 54.6 Å². The molecule has 5 rings (SSSR count). The number of hydrogen-bond acceptors (Lipinski definition) is 6. The summed E-state index contributed by atoms with van der Waals surface area (Å²) in [5, 5.41) is 6.12. The van der Waals surface area contributed by atoms with Crippen LogP contribution in [0.4, 0.5) is 5.82 Å². The lowest BCUT2D eigenvalue weighted by atomic mass is 10.1. The van der Waals surface area contributed by atoms with Gasteiger partial charge in [0.05, 0.1) is 23.0 Å². The topological polar surface area (TPSA) is 84.2 Å². The second-order valence-electron chi connectivity index (χ2n) is 10.2. The zero-order valence-electron chi connectivity index (χ0n) is 21.8. The third-order valence-corrected chi connectivity index (χ3v) is 8.88. The molecule has 1 fully saturated rings. The van der Waals surface area contributed by atoms with Crippen molar-refractivity contribution in [2.45, 2.75) is 38.9 Å². The summed E-state index contributed by atoms with van der Waals surface area (Å²) in [4.78, 5) is 12.1. The summed E-state index contributed by atoms with van der Waals surface area (Å²) < 4.78 is 29.8. The van der Waals surface area contributed by atoms with Gasteiger partial charge in [-0.2, -0.15) is 9.40 Å². The van der Waals surface area contributed by atoms with Crippen LogP contribution in [-0.2, 0) is 22.2 Å². The Morgan fingerprint density at radius 1 is 0.974 bits per heavy atom. The van der Waals surface area contributed by atoms with Gasteiger partial charge in [0.15, 0.2) is 5.65 Å². The lowest BCUT2D eigenvalue weighted by molar-refractivity contribution is 0.432. The second kappa shape index (κ2) is 11.4. The van der Waals surface area contributed by atoms with E-state index in [2.05, 4.69) is 23.8 Å². The van der Waals surface area contributed by atoms with Gasteiger partial charge in [0.2, 0.25) is 10.0 Å². The molecular weight excluding hydrogens is 520 g/mol. The maximum atomic E-state index is 13.2. The van der Waals surface area contributed by atoms with Gasteiger partial charge >= 0.3 is 0 Å². The molecule has 0 saturated carbocycles. The largest absolute Gasteiger partial charge is 0.355 e. The number of hydrogen-bond donors (Lipinski definition) is 0. The molecule has 0 amide bonds. The van der Waals surface area contributed by atoms with Gasteiger partial charge in [0.1, 0.15) is 11.6 Å². The minimum atomic E-state index is -3.43. The van der Waals surface area contributed by atoms with E-state index in [-0.39, 0.29) is 5.75 Å². The first-order valence-electron chi connectivity index (χ1n) is 13.1. The van der Waals surface area contributed by atoms with E-state index >= 15 is 0 Å². The Bertz CT molecular complexity index is 1510. The molecule has 1 saturated heterocycles. The summed E-state index contributed by atoms with van der Waals surface area (Å²) in [6.45, 7) is 6.53. The number of aryl methyl sites for hydroxylation is 1. The molecule has 0 N–H and O–H groups in total. The van der Waals surface area contributed by atoms with Crippen LogP contribution >= 0.6 is 11.6 Å². The van der Waals surface area contributed by atoms with Crippen LogP contribution in [0.25, 0.3) is 16.7 Å². The number of benzene rings is 2. The summed E-state index contributed by atoms with van der Waals surface area (Å²) >= 11 is 6.27. The minimum Gasteiger partial charge on any atom is -0.355 e. The molecule has 0 unspecified atom stereocenters. The van der Waals surface area contributed by atoms with Gasteiger partial charge in [-0.1, -0.05) is 61.8 Å². The predicted octanol–water partition coefficient (Wildman–Crippen LogP) is 5.10. The molecule has 0 radical (unpaired) electrons. The lowest BCUT2D eigenvalue weighted by Crippen LogP contribution is -2.36. The first kappa shape index (κ1) is 26.6. The van der Waals surface area contributed by atoms with Crippen LogP contribution < -0.4 is 4.90 Å². The minimum absolute atomic E-state index is 0.0113. The molecule has 0 aliphatic carbocycles. The van der Waals surface area contributed by atoms with Gasteiger partial charge in [-0.25, -0.2) is 23.1 Å². The van der Waals surface area contributed by atoms with Crippen LogP contribution in [0.2, 0.25) is 5.02 Å². The number of aromatic nitrogens is 4. The highest BCUT2D eigenvalue weighted by Crippen LogP contribution is 2.28. The van der Waals surface area contributed by atoms with E-state index in [1.165, 1.54) is 0 Å². The van der Waals surface area contributed by atoms with Crippen molar-refractivity contribution in [3.8, 4) is 5.69 Å². The number of nitrogens with zero attached hydrogens (tertiary/aromatic N) is 6. The predicted molar refractivity (Wildman–Crippen MR) is 152 cm³/mol. The Balaban J connectivity index is 1.45. The highest BCUT2D eigenvalue weighted by molar-refractivity contribution is 7.88. The van der Waals surface area contributed by atoms with Gasteiger partial charge in [0, 0.05) is 37.6 Å². The van der Waals surface area contributed by atoms with Gasteiger partial charge in [0.25, 0.3) is 0 Å². The Labute approximate surface area is 229 Å². The van der Waals surface area contributed by atoms with Crippen molar-refractivity contribution in [1.29, 1.82) is 0 Å². The highest BCUT2D eigenvalue weighted by Gasteiger charge is 2.27. The average Bonchev–Trinajstić information content (AvgIpc) is 3.15. The van der Waals surface area contributed by atoms with E-state index in [9.17, 15) is 8.42 Å². The number of halogens is 1. The second-order valence-corrected chi connectivity index (χ2v) is 12.6. The summed E-state index contributed by atoms with van der Waals surface area (Å²) in [5.74, 6) is 2.11. The van der Waals surface area contributed by atoms with Gasteiger partial charge in [-0.3, -0.25) is 0 Å². The maximum Gasteiger partial charge on any atom is 0.218 e.